The summed E-state index contributed by atoms with van der Waals surface area (Å²) in [5.74, 6) is 0.757. The second kappa shape index (κ2) is 4.88. The van der Waals surface area contributed by atoms with Gasteiger partial charge in [0.1, 0.15) is 11.3 Å². The number of benzene rings is 1. The fourth-order valence-electron chi connectivity index (χ4n) is 1.96. The lowest BCUT2D eigenvalue weighted by Crippen LogP contribution is -2.11. The van der Waals surface area contributed by atoms with Crippen LogP contribution >= 0.6 is 11.6 Å². The summed E-state index contributed by atoms with van der Waals surface area (Å²) < 4.78 is 15.7. The molecule has 1 heterocycles. The van der Waals surface area contributed by atoms with E-state index in [9.17, 15) is 4.39 Å². The van der Waals surface area contributed by atoms with E-state index in [1.165, 1.54) is 6.07 Å². The fraction of sp³-hybridized carbons (Fsp3) is 0.500. The lowest BCUT2D eigenvalue weighted by molar-refractivity contribution is 0.351. The highest BCUT2D eigenvalue weighted by Crippen LogP contribution is 2.24. The summed E-state index contributed by atoms with van der Waals surface area (Å²) >= 11 is 5.90. The van der Waals surface area contributed by atoms with E-state index in [-0.39, 0.29) is 11.2 Å². The molecule has 1 aromatic heterocycles. The van der Waals surface area contributed by atoms with Crippen LogP contribution < -0.4 is 0 Å². The van der Waals surface area contributed by atoms with Gasteiger partial charge in [0.25, 0.3) is 0 Å². The summed E-state index contributed by atoms with van der Waals surface area (Å²) in [5.41, 5.74) is 1.48. The highest BCUT2D eigenvalue weighted by Gasteiger charge is 2.16. The molecule has 0 unspecified atom stereocenters. The number of aryl methyl sites for hydroxylation is 1. The first-order valence-corrected chi connectivity index (χ1v) is 6.65. The van der Waals surface area contributed by atoms with Crippen molar-refractivity contribution in [2.24, 2.45) is 5.41 Å². The van der Waals surface area contributed by atoms with E-state index in [1.54, 1.807) is 6.07 Å². The molecule has 98 valence electrons. The average molecular weight is 269 g/mol. The summed E-state index contributed by atoms with van der Waals surface area (Å²) in [6.07, 6.45) is 0.999. The van der Waals surface area contributed by atoms with E-state index in [2.05, 4.69) is 25.8 Å². The number of aromatic nitrogens is 2. The van der Waals surface area contributed by atoms with Gasteiger partial charge in [-0.1, -0.05) is 26.8 Å². The first kappa shape index (κ1) is 13.3. The van der Waals surface area contributed by atoms with Gasteiger partial charge in [-0.15, -0.1) is 11.6 Å². The Hall–Kier alpha value is -1.09. The summed E-state index contributed by atoms with van der Waals surface area (Å²) in [6.45, 7) is 7.37. The van der Waals surface area contributed by atoms with Gasteiger partial charge in [-0.05, 0) is 24.0 Å². The van der Waals surface area contributed by atoms with Crippen LogP contribution in [0.1, 0.15) is 33.0 Å². The third kappa shape index (κ3) is 2.66. The molecule has 0 amide bonds. The Kier molecular flexibility index (Phi) is 3.62. The van der Waals surface area contributed by atoms with E-state index in [1.807, 2.05) is 10.6 Å². The number of nitrogens with zero attached hydrogens (tertiary/aromatic N) is 2. The molecular formula is C14H18ClFN2. The molecule has 1 aromatic carbocycles. The molecule has 4 heteroatoms. The molecular weight excluding hydrogens is 251 g/mol. The molecule has 2 rings (SSSR count). The average Bonchev–Trinajstić information content (AvgIpc) is 2.65. The maximum absolute atomic E-state index is 13.7. The van der Waals surface area contributed by atoms with Crippen molar-refractivity contribution in [1.29, 1.82) is 0 Å². The first-order valence-electron chi connectivity index (χ1n) is 6.12. The minimum atomic E-state index is -0.284. The van der Waals surface area contributed by atoms with Gasteiger partial charge in [0, 0.05) is 6.54 Å². The number of fused-ring (bicyclic) bond motifs is 1. The molecule has 2 nitrogen and oxygen atoms in total. The van der Waals surface area contributed by atoms with E-state index in [0.717, 1.165) is 24.3 Å². The van der Waals surface area contributed by atoms with Gasteiger partial charge in [0.15, 0.2) is 5.82 Å². The lowest BCUT2D eigenvalue weighted by Gasteiger charge is -2.19. The fourth-order valence-corrected chi connectivity index (χ4v) is 2.16. The number of hydrogen-bond donors (Lipinski definition) is 0. The molecule has 0 aliphatic heterocycles. The summed E-state index contributed by atoms with van der Waals surface area (Å²) in [7, 11) is 0. The van der Waals surface area contributed by atoms with E-state index >= 15 is 0 Å². The third-order valence-corrected chi connectivity index (χ3v) is 3.25. The number of hydrogen-bond acceptors (Lipinski definition) is 1. The molecule has 0 radical (unpaired) electrons. The molecule has 0 saturated heterocycles. The van der Waals surface area contributed by atoms with Crippen LogP contribution in [-0.4, -0.2) is 9.55 Å². The van der Waals surface area contributed by atoms with E-state index < -0.39 is 0 Å². The molecule has 18 heavy (non-hydrogen) atoms. The second-order valence-corrected chi connectivity index (χ2v) is 6.00. The highest BCUT2D eigenvalue weighted by molar-refractivity contribution is 6.16. The maximum Gasteiger partial charge on any atom is 0.151 e. The molecule has 0 atom stereocenters. The first-order chi connectivity index (χ1) is 8.42. The molecule has 0 aliphatic carbocycles. The van der Waals surface area contributed by atoms with Gasteiger partial charge in [0.2, 0.25) is 0 Å². The number of para-hydroxylation sites is 1. The summed E-state index contributed by atoms with van der Waals surface area (Å²) in [4.78, 5) is 4.29. The monoisotopic (exact) mass is 268 g/mol. The second-order valence-electron chi connectivity index (χ2n) is 5.73. The van der Waals surface area contributed by atoms with Gasteiger partial charge in [-0.25, -0.2) is 9.37 Å². The number of rotatable bonds is 3. The van der Waals surface area contributed by atoms with Crippen molar-refractivity contribution < 1.29 is 4.39 Å². The molecule has 2 aromatic rings. The number of halogens is 2. The highest BCUT2D eigenvalue weighted by atomic mass is 35.5. The zero-order valence-electron chi connectivity index (χ0n) is 11.0. The zero-order chi connectivity index (χ0) is 13.3. The van der Waals surface area contributed by atoms with Crippen LogP contribution in [0.5, 0.6) is 0 Å². The van der Waals surface area contributed by atoms with Crippen LogP contribution in [-0.2, 0) is 12.4 Å². The topological polar surface area (TPSA) is 17.8 Å². The number of imidazole rings is 1. The van der Waals surface area contributed by atoms with Crippen molar-refractivity contribution in [2.45, 2.75) is 39.6 Å². The van der Waals surface area contributed by atoms with Gasteiger partial charge in [-0.3, -0.25) is 0 Å². The van der Waals surface area contributed by atoms with Crippen LogP contribution in [0.3, 0.4) is 0 Å². The Morgan fingerprint density at radius 1 is 1.33 bits per heavy atom. The molecule has 0 N–H and O–H groups in total. The van der Waals surface area contributed by atoms with Crippen LogP contribution in [0.2, 0.25) is 0 Å². The van der Waals surface area contributed by atoms with Gasteiger partial charge >= 0.3 is 0 Å². The minimum Gasteiger partial charge on any atom is -0.327 e. The van der Waals surface area contributed by atoms with Crippen molar-refractivity contribution in [3.8, 4) is 0 Å². The van der Waals surface area contributed by atoms with Crippen molar-refractivity contribution in [3.63, 3.8) is 0 Å². The molecule has 0 bridgehead atoms. The van der Waals surface area contributed by atoms with Gasteiger partial charge in [-0.2, -0.15) is 0 Å². The predicted molar refractivity (Wildman–Crippen MR) is 73.3 cm³/mol. The lowest BCUT2D eigenvalue weighted by atomic mass is 9.92. The molecule has 0 fully saturated rings. The molecule has 0 saturated carbocycles. The standard InChI is InChI=1S/C14H18ClFN2/c1-14(2,3)7-8-18-11-6-4-5-10(16)13(11)17-12(18)9-15/h4-6H,7-9H2,1-3H3. The Morgan fingerprint density at radius 3 is 2.67 bits per heavy atom. The van der Waals surface area contributed by atoms with Crippen molar-refractivity contribution in [1.82, 2.24) is 9.55 Å². The van der Waals surface area contributed by atoms with Crippen LogP contribution in [0.25, 0.3) is 11.0 Å². The van der Waals surface area contributed by atoms with Crippen LogP contribution in [0.4, 0.5) is 4.39 Å². The van der Waals surface area contributed by atoms with Crippen molar-refractivity contribution in [3.05, 3.63) is 29.8 Å². The Balaban J connectivity index is 2.44. The maximum atomic E-state index is 13.7. The third-order valence-electron chi connectivity index (χ3n) is 3.01. The Morgan fingerprint density at radius 2 is 2.06 bits per heavy atom. The summed E-state index contributed by atoms with van der Waals surface area (Å²) in [6, 6.07) is 5.04. The van der Waals surface area contributed by atoms with Crippen LogP contribution in [0, 0.1) is 11.2 Å². The Labute approximate surface area is 112 Å². The normalized spacial score (nSPS) is 12.3. The SMILES string of the molecule is CC(C)(C)CCn1c(CCl)nc2c(F)cccc21. The zero-order valence-corrected chi connectivity index (χ0v) is 11.8. The molecule has 0 aliphatic rings. The van der Waals surface area contributed by atoms with Gasteiger partial charge in [0.05, 0.1) is 11.4 Å². The van der Waals surface area contributed by atoms with Crippen molar-refractivity contribution >= 4 is 22.6 Å². The molecule has 0 spiro atoms. The van der Waals surface area contributed by atoms with E-state index in [0.29, 0.717) is 11.4 Å². The van der Waals surface area contributed by atoms with Gasteiger partial charge < -0.3 is 4.57 Å². The Bertz CT molecular complexity index is 555. The largest absolute Gasteiger partial charge is 0.327 e. The number of alkyl halides is 1. The smallest absolute Gasteiger partial charge is 0.151 e. The van der Waals surface area contributed by atoms with Crippen LogP contribution in [0.15, 0.2) is 18.2 Å². The van der Waals surface area contributed by atoms with Crippen molar-refractivity contribution in [2.75, 3.05) is 0 Å². The predicted octanol–water partition coefficient (Wildman–Crippen LogP) is 4.35. The quantitative estimate of drug-likeness (QED) is 0.757. The summed E-state index contributed by atoms with van der Waals surface area (Å²) in [5, 5.41) is 0. The minimum absolute atomic E-state index is 0.230. The van der Waals surface area contributed by atoms with E-state index in [4.69, 9.17) is 11.6 Å².